The van der Waals surface area contributed by atoms with Gasteiger partial charge in [0.1, 0.15) is 0 Å². The lowest BCUT2D eigenvalue weighted by atomic mass is 10.0. The zero-order valence-corrected chi connectivity index (χ0v) is 12.2. The fraction of sp³-hybridized carbons (Fsp3) is 0.562. The number of rotatable bonds is 6. The summed E-state index contributed by atoms with van der Waals surface area (Å²) >= 11 is 0. The van der Waals surface area contributed by atoms with Crippen LogP contribution in [-0.2, 0) is 4.79 Å². The van der Waals surface area contributed by atoms with Crippen LogP contribution in [0.2, 0.25) is 0 Å². The highest BCUT2D eigenvalue weighted by molar-refractivity contribution is 5.69. The van der Waals surface area contributed by atoms with Gasteiger partial charge < -0.3 is 10.0 Å². The van der Waals surface area contributed by atoms with Crippen LogP contribution in [0.5, 0.6) is 0 Å². The summed E-state index contributed by atoms with van der Waals surface area (Å²) in [6.45, 7) is 5.17. The highest BCUT2D eigenvalue weighted by Crippen LogP contribution is 2.22. The summed E-state index contributed by atoms with van der Waals surface area (Å²) in [5.74, 6) is -0.719. The fourth-order valence-electron chi connectivity index (χ4n) is 2.98. The summed E-state index contributed by atoms with van der Waals surface area (Å²) in [4.78, 5) is 15.5. The molecule has 2 rings (SSSR count). The molecule has 0 bridgehead atoms. The Morgan fingerprint density at radius 2 is 1.95 bits per heavy atom. The molecule has 0 atom stereocenters. The van der Waals surface area contributed by atoms with Crippen molar-refractivity contribution in [3.8, 4) is 0 Å². The van der Waals surface area contributed by atoms with Gasteiger partial charge in [0.15, 0.2) is 0 Å². The van der Waals surface area contributed by atoms with Crippen molar-refractivity contribution >= 4 is 11.7 Å². The van der Waals surface area contributed by atoms with Gasteiger partial charge in [-0.1, -0.05) is 25.1 Å². The summed E-state index contributed by atoms with van der Waals surface area (Å²) in [5, 5.41) is 9.02. The third-order valence-corrected chi connectivity index (χ3v) is 3.95. The summed E-state index contributed by atoms with van der Waals surface area (Å²) < 4.78 is 0. The van der Waals surface area contributed by atoms with Gasteiger partial charge in [0.2, 0.25) is 0 Å². The van der Waals surface area contributed by atoms with E-state index in [9.17, 15) is 4.79 Å². The monoisotopic (exact) mass is 276 g/mol. The molecule has 1 fully saturated rings. The van der Waals surface area contributed by atoms with Crippen molar-refractivity contribution in [3.63, 3.8) is 0 Å². The molecule has 4 heteroatoms. The minimum Gasteiger partial charge on any atom is -0.480 e. The molecule has 0 spiro atoms. The van der Waals surface area contributed by atoms with Crippen molar-refractivity contribution in [2.24, 2.45) is 0 Å². The zero-order chi connectivity index (χ0) is 14.4. The number of carboxylic acid groups (broad SMARTS) is 1. The second-order valence-electron chi connectivity index (χ2n) is 5.42. The highest BCUT2D eigenvalue weighted by atomic mass is 16.4. The van der Waals surface area contributed by atoms with Crippen LogP contribution in [0.1, 0.15) is 26.2 Å². The molecule has 1 heterocycles. The number of carbonyl (C=O) groups is 1. The average Bonchev–Trinajstić information content (AvgIpc) is 2.47. The van der Waals surface area contributed by atoms with E-state index in [0.717, 1.165) is 38.9 Å². The number of benzene rings is 1. The Kier molecular flexibility index (Phi) is 5.41. The molecular formula is C16H24N2O2. The van der Waals surface area contributed by atoms with E-state index in [0.29, 0.717) is 6.04 Å². The third kappa shape index (κ3) is 3.97. The van der Waals surface area contributed by atoms with Gasteiger partial charge in [-0.3, -0.25) is 9.69 Å². The number of hydrogen-bond acceptors (Lipinski definition) is 3. The Bertz CT molecular complexity index is 414. The van der Waals surface area contributed by atoms with E-state index in [1.165, 1.54) is 5.69 Å². The molecule has 0 amide bonds. The lowest BCUT2D eigenvalue weighted by Gasteiger charge is -2.38. The van der Waals surface area contributed by atoms with Crippen molar-refractivity contribution in [1.82, 2.24) is 4.90 Å². The largest absolute Gasteiger partial charge is 0.480 e. The molecule has 0 radical (unpaired) electrons. The first-order valence-electron chi connectivity index (χ1n) is 7.46. The van der Waals surface area contributed by atoms with E-state index in [-0.39, 0.29) is 6.54 Å². The first kappa shape index (κ1) is 14.9. The van der Waals surface area contributed by atoms with Crippen LogP contribution in [0, 0.1) is 0 Å². The maximum atomic E-state index is 11.0. The Labute approximate surface area is 121 Å². The van der Waals surface area contributed by atoms with Crippen LogP contribution in [0.15, 0.2) is 30.3 Å². The molecule has 0 saturated carbocycles. The molecule has 20 heavy (non-hydrogen) atoms. The number of aliphatic carboxylic acids is 1. The maximum Gasteiger partial charge on any atom is 0.317 e. The Morgan fingerprint density at radius 1 is 1.30 bits per heavy atom. The van der Waals surface area contributed by atoms with E-state index in [2.05, 4.69) is 41.0 Å². The van der Waals surface area contributed by atoms with Crippen LogP contribution < -0.4 is 4.90 Å². The minimum absolute atomic E-state index is 0.170. The molecule has 1 aromatic rings. The van der Waals surface area contributed by atoms with Gasteiger partial charge in [-0.25, -0.2) is 0 Å². The Hall–Kier alpha value is -1.55. The topological polar surface area (TPSA) is 43.8 Å². The highest BCUT2D eigenvalue weighted by Gasteiger charge is 2.25. The maximum absolute atomic E-state index is 11.0. The standard InChI is InChI=1S/C16H24N2O2/c1-2-10-18(13-16(19)20)15-8-11-17(12-9-15)14-6-4-3-5-7-14/h3-7,15H,2,8-13H2,1H3,(H,19,20). The molecule has 1 aromatic carbocycles. The average molecular weight is 276 g/mol. The van der Waals surface area contributed by atoms with E-state index in [1.54, 1.807) is 0 Å². The number of hydrogen-bond donors (Lipinski definition) is 1. The fourth-order valence-corrected chi connectivity index (χ4v) is 2.98. The van der Waals surface area contributed by atoms with Crippen molar-refractivity contribution < 1.29 is 9.90 Å². The van der Waals surface area contributed by atoms with Gasteiger partial charge in [0.05, 0.1) is 6.54 Å². The zero-order valence-electron chi connectivity index (χ0n) is 12.2. The van der Waals surface area contributed by atoms with E-state index >= 15 is 0 Å². The van der Waals surface area contributed by atoms with Crippen molar-refractivity contribution in [2.75, 3.05) is 31.1 Å². The Morgan fingerprint density at radius 3 is 2.50 bits per heavy atom. The van der Waals surface area contributed by atoms with Crippen molar-refractivity contribution in [2.45, 2.75) is 32.2 Å². The number of piperidine rings is 1. The van der Waals surface area contributed by atoms with E-state index < -0.39 is 5.97 Å². The van der Waals surface area contributed by atoms with Gasteiger partial charge in [-0.15, -0.1) is 0 Å². The first-order valence-corrected chi connectivity index (χ1v) is 7.46. The van der Waals surface area contributed by atoms with Crippen LogP contribution in [0.25, 0.3) is 0 Å². The van der Waals surface area contributed by atoms with Crippen LogP contribution in [-0.4, -0.2) is 48.2 Å². The Balaban J connectivity index is 1.90. The van der Waals surface area contributed by atoms with Crippen LogP contribution >= 0.6 is 0 Å². The molecule has 1 saturated heterocycles. The van der Waals surface area contributed by atoms with E-state index in [4.69, 9.17) is 5.11 Å². The number of nitrogens with zero attached hydrogens (tertiary/aromatic N) is 2. The lowest BCUT2D eigenvalue weighted by Crippen LogP contribution is -2.47. The number of anilines is 1. The predicted molar refractivity (Wildman–Crippen MR) is 81.2 cm³/mol. The summed E-state index contributed by atoms with van der Waals surface area (Å²) in [7, 11) is 0. The van der Waals surface area contributed by atoms with Gasteiger partial charge in [-0.2, -0.15) is 0 Å². The smallest absolute Gasteiger partial charge is 0.317 e. The molecule has 0 aromatic heterocycles. The van der Waals surface area contributed by atoms with Gasteiger partial charge in [0.25, 0.3) is 0 Å². The van der Waals surface area contributed by atoms with Gasteiger partial charge >= 0.3 is 5.97 Å². The van der Waals surface area contributed by atoms with Crippen LogP contribution in [0.4, 0.5) is 5.69 Å². The van der Waals surface area contributed by atoms with E-state index in [1.807, 2.05) is 6.07 Å². The summed E-state index contributed by atoms with van der Waals surface area (Å²) in [6, 6.07) is 10.9. The molecule has 110 valence electrons. The molecule has 1 N–H and O–H groups in total. The second-order valence-corrected chi connectivity index (χ2v) is 5.42. The second kappa shape index (κ2) is 7.29. The predicted octanol–water partition coefficient (Wildman–Crippen LogP) is 2.45. The SMILES string of the molecule is CCCN(CC(=O)O)C1CCN(c2ccccc2)CC1. The molecule has 0 aliphatic carbocycles. The third-order valence-electron chi connectivity index (χ3n) is 3.95. The summed E-state index contributed by atoms with van der Waals surface area (Å²) in [5.41, 5.74) is 1.27. The van der Waals surface area contributed by atoms with Crippen molar-refractivity contribution in [3.05, 3.63) is 30.3 Å². The minimum atomic E-state index is -0.719. The number of para-hydroxylation sites is 1. The first-order chi connectivity index (χ1) is 9.70. The lowest BCUT2D eigenvalue weighted by molar-refractivity contribution is -0.139. The van der Waals surface area contributed by atoms with Crippen LogP contribution in [0.3, 0.4) is 0 Å². The van der Waals surface area contributed by atoms with Crippen molar-refractivity contribution in [1.29, 1.82) is 0 Å². The normalized spacial score (nSPS) is 16.6. The van der Waals surface area contributed by atoms with Gasteiger partial charge in [0, 0.05) is 24.8 Å². The molecular weight excluding hydrogens is 252 g/mol. The number of carboxylic acids is 1. The molecule has 1 aliphatic rings. The summed E-state index contributed by atoms with van der Waals surface area (Å²) in [6.07, 6.45) is 3.09. The van der Waals surface area contributed by atoms with Gasteiger partial charge in [-0.05, 0) is 37.9 Å². The molecule has 1 aliphatic heterocycles. The quantitative estimate of drug-likeness (QED) is 0.867. The molecule has 4 nitrogen and oxygen atoms in total. The molecule has 0 unspecified atom stereocenters.